The zero-order valence-corrected chi connectivity index (χ0v) is 15.0. The number of benzene rings is 1. The van der Waals surface area contributed by atoms with Gasteiger partial charge in [-0.1, -0.05) is 17.3 Å². The molecule has 9 heteroatoms. The molecule has 0 fully saturated rings. The fraction of sp³-hybridized carbons (Fsp3) is 0.100. The summed E-state index contributed by atoms with van der Waals surface area (Å²) in [6, 6.07) is 6.01. The highest BCUT2D eigenvalue weighted by atomic mass is 19.2. The van der Waals surface area contributed by atoms with E-state index in [0.29, 0.717) is 17.9 Å². The van der Waals surface area contributed by atoms with Crippen LogP contribution >= 0.6 is 0 Å². The van der Waals surface area contributed by atoms with Crippen LogP contribution in [0.4, 0.5) is 14.6 Å². The fourth-order valence-corrected chi connectivity index (χ4v) is 3.42. The van der Waals surface area contributed by atoms with Crippen molar-refractivity contribution in [2.45, 2.75) is 5.92 Å². The second kappa shape index (κ2) is 6.93. The lowest BCUT2D eigenvalue weighted by atomic mass is 9.93. The Kier molecular flexibility index (Phi) is 4.12. The Hall–Kier alpha value is -3.88. The highest BCUT2D eigenvalue weighted by Crippen LogP contribution is 2.40. The van der Waals surface area contributed by atoms with Crippen LogP contribution in [0.5, 0.6) is 0 Å². The zero-order chi connectivity index (χ0) is 19.8. The normalized spacial score (nSPS) is 15.6. The van der Waals surface area contributed by atoms with Crippen molar-refractivity contribution >= 4 is 18.1 Å². The van der Waals surface area contributed by atoms with E-state index in [1.165, 1.54) is 24.7 Å². The third kappa shape index (κ3) is 3.06. The van der Waals surface area contributed by atoms with Gasteiger partial charge in [-0.15, -0.1) is 0 Å². The van der Waals surface area contributed by atoms with Gasteiger partial charge in [-0.2, -0.15) is 5.10 Å². The van der Waals surface area contributed by atoms with Gasteiger partial charge >= 0.3 is 0 Å². The average molecular weight is 392 g/mol. The first kappa shape index (κ1) is 17.2. The fourth-order valence-electron chi connectivity index (χ4n) is 3.42. The molecular formula is C20H14F2N6O. The summed E-state index contributed by atoms with van der Waals surface area (Å²) in [4.78, 5) is 8.34. The van der Waals surface area contributed by atoms with Crippen LogP contribution in [0.2, 0.25) is 0 Å². The van der Waals surface area contributed by atoms with E-state index in [0.717, 1.165) is 23.0 Å². The van der Waals surface area contributed by atoms with E-state index in [1.807, 2.05) is 12.1 Å². The van der Waals surface area contributed by atoms with Crippen LogP contribution < -0.4 is 5.32 Å². The van der Waals surface area contributed by atoms with Crippen molar-refractivity contribution in [3.05, 3.63) is 77.8 Å². The molecule has 0 spiro atoms. The zero-order valence-electron chi connectivity index (χ0n) is 15.0. The van der Waals surface area contributed by atoms with Gasteiger partial charge in [0.25, 0.3) is 0 Å². The summed E-state index contributed by atoms with van der Waals surface area (Å²) in [5.41, 5.74) is 2.28. The smallest absolute Gasteiger partial charge is 0.166 e. The number of fused-ring (bicyclic) bond motifs is 1. The molecule has 1 aliphatic heterocycles. The summed E-state index contributed by atoms with van der Waals surface area (Å²) in [6.45, 7) is 0.512. The minimum absolute atomic E-state index is 0.116. The average Bonchev–Trinajstić information content (AvgIpc) is 3.48. The molecule has 4 aromatic rings. The molecule has 3 aromatic heterocycles. The predicted molar refractivity (Wildman–Crippen MR) is 102 cm³/mol. The maximum Gasteiger partial charge on any atom is 0.166 e. The lowest BCUT2D eigenvalue weighted by Gasteiger charge is -2.10. The number of anilines is 1. The molecule has 0 saturated carbocycles. The van der Waals surface area contributed by atoms with Crippen molar-refractivity contribution in [2.75, 3.05) is 11.9 Å². The van der Waals surface area contributed by atoms with Crippen LogP contribution in [-0.4, -0.2) is 31.4 Å². The van der Waals surface area contributed by atoms with Crippen molar-refractivity contribution in [3.63, 3.8) is 0 Å². The second-order valence-electron chi connectivity index (χ2n) is 6.54. The Morgan fingerprint density at radius 1 is 1.21 bits per heavy atom. The highest BCUT2D eigenvalue weighted by molar-refractivity contribution is 5.70. The van der Waals surface area contributed by atoms with Crippen LogP contribution in [0.15, 0.2) is 53.8 Å². The summed E-state index contributed by atoms with van der Waals surface area (Å²) in [7, 11) is 0. The number of aromatic nitrogens is 5. The third-order valence-corrected chi connectivity index (χ3v) is 4.80. The molecule has 7 nitrogen and oxygen atoms in total. The number of hydrogen-bond acceptors (Lipinski definition) is 6. The van der Waals surface area contributed by atoms with Gasteiger partial charge in [-0.3, -0.25) is 0 Å². The number of halogens is 2. The Labute approximate surface area is 163 Å². The van der Waals surface area contributed by atoms with E-state index >= 15 is 0 Å². The van der Waals surface area contributed by atoms with Gasteiger partial charge in [-0.25, -0.2) is 23.4 Å². The Bertz CT molecular complexity index is 1200. The molecule has 5 rings (SSSR count). The molecule has 4 heterocycles. The molecule has 0 amide bonds. The summed E-state index contributed by atoms with van der Waals surface area (Å²) in [5, 5.41) is 11.1. The lowest BCUT2D eigenvalue weighted by molar-refractivity contribution is 0.376. The molecular weight excluding hydrogens is 378 g/mol. The van der Waals surface area contributed by atoms with Crippen LogP contribution in [0.1, 0.15) is 22.8 Å². The van der Waals surface area contributed by atoms with Gasteiger partial charge in [0.05, 0.1) is 12.1 Å². The minimum Gasteiger partial charge on any atom is -0.369 e. The van der Waals surface area contributed by atoms with Crippen molar-refractivity contribution in [3.8, 4) is 11.1 Å². The monoisotopic (exact) mass is 392 g/mol. The first-order valence-electron chi connectivity index (χ1n) is 8.86. The van der Waals surface area contributed by atoms with Gasteiger partial charge in [0.1, 0.15) is 18.5 Å². The molecule has 0 saturated heterocycles. The molecule has 1 atom stereocenters. The van der Waals surface area contributed by atoms with Crippen LogP contribution in [0.25, 0.3) is 23.4 Å². The van der Waals surface area contributed by atoms with Gasteiger partial charge in [-0.05, 0) is 23.8 Å². The highest BCUT2D eigenvalue weighted by Gasteiger charge is 2.31. The first-order chi connectivity index (χ1) is 14.2. The second-order valence-corrected chi connectivity index (χ2v) is 6.54. The Morgan fingerprint density at radius 3 is 3.00 bits per heavy atom. The first-order valence-corrected chi connectivity index (χ1v) is 8.86. The lowest BCUT2D eigenvalue weighted by Crippen LogP contribution is -2.04. The van der Waals surface area contributed by atoms with Gasteiger partial charge in [0.15, 0.2) is 17.4 Å². The van der Waals surface area contributed by atoms with E-state index in [9.17, 15) is 8.78 Å². The van der Waals surface area contributed by atoms with E-state index in [-0.39, 0.29) is 11.5 Å². The molecule has 1 aromatic carbocycles. The van der Waals surface area contributed by atoms with Gasteiger partial charge in [0, 0.05) is 35.6 Å². The number of nitrogens with one attached hydrogen (secondary N) is 1. The van der Waals surface area contributed by atoms with E-state index < -0.39 is 11.6 Å². The molecule has 0 aliphatic carbocycles. The summed E-state index contributed by atoms with van der Waals surface area (Å²) in [6.07, 6.45) is 9.78. The maximum absolute atomic E-state index is 14.3. The minimum atomic E-state index is -0.925. The van der Waals surface area contributed by atoms with E-state index in [4.69, 9.17) is 4.52 Å². The van der Waals surface area contributed by atoms with Gasteiger partial charge < -0.3 is 9.84 Å². The van der Waals surface area contributed by atoms with Crippen LogP contribution in [-0.2, 0) is 0 Å². The largest absolute Gasteiger partial charge is 0.369 e. The predicted octanol–water partition coefficient (Wildman–Crippen LogP) is 3.79. The third-order valence-electron chi connectivity index (χ3n) is 4.80. The number of nitrogens with zero attached hydrogens (tertiary/aromatic N) is 5. The van der Waals surface area contributed by atoms with Crippen LogP contribution in [0.3, 0.4) is 0 Å². The Morgan fingerprint density at radius 2 is 2.14 bits per heavy atom. The quantitative estimate of drug-likeness (QED) is 0.569. The number of pyridine rings is 1. The van der Waals surface area contributed by atoms with Crippen molar-refractivity contribution in [1.29, 1.82) is 0 Å². The molecule has 0 radical (unpaired) electrons. The summed E-state index contributed by atoms with van der Waals surface area (Å²) >= 11 is 0. The molecule has 1 N–H and O–H groups in total. The summed E-state index contributed by atoms with van der Waals surface area (Å²) in [5.74, 6) is -0.903. The number of hydrogen-bond donors (Lipinski definition) is 1. The van der Waals surface area contributed by atoms with Gasteiger partial charge in [0.2, 0.25) is 0 Å². The SMILES string of the molecule is Fc1cccc(-c2cnoc2C2CNc3ncc(/C=C/n4cncn4)cc32)c1F. The standard InChI is InChI=1S/C20H14F2N6O/c21-17-3-1-2-13(18(17)22)16-9-27-29-19(16)15-8-25-20-14(15)6-12(7-24-20)4-5-28-11-23-10-26-28/h1-7,9-11,15H,8H2,(H,24,25)/b5-4+. The summed E-state index contributed by atoms with van der Waals surface area (Å²) < 4.78 is 35.1. The topological polar surface area (TPSA) is 81.7 Å². The maximum atomic E-state index is 14.3. The van der Waals surface area contributed by atoms with Crippen molar-refractivity contribution in [2.24, 2.45) is 0 Å². The van der Waals surface area contributed by atoms with Crippen molar-refractivity contribution in [1.82, 2.24) is 24.9 Å². The Balaban J connectivity index is 1.52. The molecule has 144 valence electrons. The van der Waals surface area contributed by atoms with Crippen LogP contribution in [0, 0.1) is 11.6 Å². The van der Waals surface area contributed by atoms with E-state index in [2.05, 4.69) is 25.5 Å². The molecule has 0 bridgehead atoms. The number of rotatable bonds is 4. The van der Waals surface area contributed by atoms with Crippen molar-refractivity contribution < 1.29 is 13.3 Å². The molecule has 29 heavy (non-hydrogen) atoms. The molecule has 1 unspecified atom stereocenters. The molecule has 1 aliphatic rings. The van der Waals surface area contributed by atoms with E-state index in [1.54, 1.807) is 23.4 Å².